The Balaban J connectivity index is 1.51. The molecule has 0 fully saturated rings. The van der Waals surface area contributed by atoms with Crippen molar-refractivity contribution in [3.63, 3.8) is 0 Å². The molecule has 0 aliphatic rings. The molecule has 144 valence electrons. The second-order valence-electron chi connectivity index (χ2n) is 6.38. The Morgan fingerprint density at radius 1 is 1.14 bits per heavy atom. The molecule has 1 N–H and O–H groups in total. The summed E-state index contributed by atoms with van der Waals surface area (Å²) in [4.78, 5) is 28.5. The molecule has 0 atom stereocenters. The number of hydrogen-bond donors (Lipinski definition) is 1. The van der Waals surface area contributed by atoms with Crippen LogP contribution < -0.4 is 5.32 Å². The molecule has 0 bridgehead atoms. The lowest BCUT2D eigenvalue weighted by Gasteiger charge is -2.08. The van der Waals surface area contributed by atoms with Gasteiger partial charge in [0, 0.05) is 10.9 Å². The van der Waals surface area contributed by atoms with Crippen LogP contribution in [0, 0.1) is 13.8 Å². The van der Waals surface area contributed by atoms with E-state index in [1.807, 2.05) is 49.6 Å². The number of aromatic nitrogens is 1. The standard InChI is InChI=1S/C21H19ClN2O3S/c1-13-4-3-5-15(8-13)21-23-16(12-28-21)10-20(26)27-11-19(25)24-18-7-6-14(2)9-17(18)22/h3-9,12H,10-11H2,1-2H3,(H,24,25). The lowest BCUT2D eigenvalue weighted by molar-refractivity contribution is -0.146. The van der Waals surface area contributed by atoms with Gasteiger partial charge in [-0.2, -0.15) is 0 Å². The van der Waals surface area contributed by atoms with Gasteiger partial charge < -0.3 is 10.1 Å². The maximum absolute atomic E-state index is 12.0. The number of carbonyl (C=O) groups excluding carboxylic acids is 2. The number of thiazole rings is 1. The lowest BCUT2D eigenvalue weighted by atomic mass is 10.1. The molecule has 0 radical (unpaired) electrons. The summed E-state index contributed by atoms with van der Waals surface area (Å²) in [6.07, 6.45) is 0.0148. The van der Waals surface area contributed by atoms with Crippen molar-refractivity contribution in [2.24, 2.45) is 0 Å². The van der Waals surface area contributed by atoms with Crippen LogP contribution in [0.4, 0.5) is 5.69 Å². The van der Waals surface area contributed by atoms with Crippen LogP contribution in [0.15, 0.2) is 47.8 Å². The highest BCUT2D eigenvalue weighted by Gasteiger charge is 2.13. The van der Waals surface area contributed by atoms with Crippen LogP contribution in [0.3, 0.4) is 0 Å². The molecule has 0 spiro atoms. The van der Waals surface area contributed by atoms with Gasteiger partial charge in [-0.05, 0) is 37.6 Å². The maximum Gasteiger partial charge on any atom is 0.312 e. The fourth-order valence-corrected chi connectivity index (χ4v) is 3.65. The quantitative estimate of drug-likeness (QED) is 0.588. The number of carbonyl (C=O) groups is 2. The third-order valence-electron chi connectivity index (χ3n) is 3.91. The van der Waals surface area contributed by atoms with Gasteiger partial charge in [0.1, 0.15) is 5.01 Å². The summed E-state index contributed by atoms with van der Waals surface area (Å²) in [5.41, 5.74) is 4.25. The van der Waals surface area contributed by atoms with E-state index in [1.165, 1.54) is 11.3 Å². The number of benzene rings is 2. The van der Waals surface area contributed by atoms with Crippen molar-refractivity contribution < 1.29 is 14.3 Å². The Morgan fingerprint density at radius 3 is 2.68 bits per heavy atom. The summed E-state index contributed by atoms with van der Waals surface area (Å²) in [5.74, 6) is -0.955. The molecule has 1 heterocycles. The SMILES string of the molecule is Cc1cccc(-c2nc(CC(=O)OCC(=O)Nc3ccc(C)cc3Cl)cs2)c1. The van der Waals surface area contributed by atoms with Gasteiger partial charge in [0.05, 0.1) is 22.8 Å². The fraction of sp³-hybridized carbons (Fsp3) is 0.190. The summed E-state index contributed by atoms with van der Waals surface area (Å²) < 4.78 is 5.05. The van der Waals surface area contributed by atoms with E-state index in [0.717, 1.165) is 21.7 Å². The van der Waals surface area contributed by atoms with Crippen LogP contribution >= 0.6 is 22.9 Å². The second-order valence-corrected chi connectivity index (χ2v) is 7.65. The van der Waals surface area contributed by atoms with Crippen molar-refractivity contribution in [3.8, 4) is 10.6 Å². The summed E-state index contributed by atoms with van der Waals surface area (Å²) in [5, 5.41) is 5.73. The van der Waals surface area contributed by atoms with Crippen molar-refractivity contribution in [3.05, 3.63) is 69.7 Å². The molecule has 28 heavy (non-hydrogen) atoms. The molecule has 3 rings (SSSR count). The molecule has 0 saturated heterocycles. The van der Waals surface area contributed by atoms with Gasteiger partial charge in [-0.25, -0.2) is 4.98 Å². The summed E-state index contributed by atoms with van der Waals surface area (Å²) in [6, 6.07) is 13.3. The Kier molecular flexibility index (Phi) is 6.44. The van der Waals surface area contributed by atoms with E-state index in [2.05, 4.69) is 10.3 Å². The summed E-state index contributed by atoms with van der Waals surface area (Å²) >= 11 is 7.55. The van der Waals surface area contributed by atoms with Crippen molar-refractivity contribution in [2.45, 2.75) is 20.3 Å². The van der Waals surface area contributed by atoms with E-state index in [4.69, 9.17) is 16.3 Å². The van der Waals surface area contributed by atoms with Gasteiger partial charge >= 0.3 is 5.97 Å². The van der Waals surface area contributed by atoms with Crippen LogP contribution in [0.2, 0.25) is 5.02 Å². The average molecular weight is 415 g/mol. The number of rotatable bonds is 6. The number of nitrogens with zero attached hydrogens (tertiary/aromatic N) is 1. The predicted molar refractivity (Wildman–Crippen MR) is 112 cm³/mol. The minimum Gasteiger partial charge on any atom is -0.455 e. The summed E-state index contributed by atoms with van der Waals surface area (Å²) in [6.45, 7) is 3.55. The third kappa shape index (κ3) is 5.41. The van der Waals surface area contributed by atoms with Crippen LogP contribution in [0.5, 0.6) is 0 Å². The van der Waals surface area contributed by atoms with Crippen molar-refractivity contribution in [1.29, 1.82) is 0 Å². The molecule has 1 aromatic heterocycles. The van der Waals surface area contributed by atoms with Crippen LogP contribution in [-0.4, -0.2) is 23.5 Å². The largest absolute Gasteiger partial charge is 0.455 e. The number of hydrogen-bond acceptors (Lipinski definition) is 5. The summed E-state index contributed by atoms with van der Waals surface area (Å²) in [7, 11) is 0. The number of halogens is 1. The smallest absolute Gasteiger partial charge is 0.312 e. The van der Waals surface area contributed by atoms with E-state index >= 15 is 0 Å². The number of nitrogens with one attached hydrogen (secondary N) is 1. The van der Waals surface area contributed by atoms with E-state index in [0.29, 0.717) is 16.4 Å². The zero-order chi connectivity index (χ0) is 20.1. The first-order valence-electron chi connectivity index (χ1n) is 8.64. The van der Waals surface area contributed by atoms with Crippen LogP contribution in [-0.2, 0) is 20.7 Å². The van der Waals surface area contributed by atoms with Crippen LogP contribution in [0.1, 0.15) is 16.8 Å². The highest BCUT2D eigenvalue weighted by atomic mass is 35.5. The first kappa shape index (κ1) is 20.0. The molecule has 3 aromatic rings. The lowest BCUT2D eigenvalue weighted by Crippen LogP contribution is -2.21. The average Bonchev–Trinajstić information content (AvgIpc) is 3.11. The number of amides is 1. The molecule has 7 heteroatoms. The molecule has 2 aromatic carbocycles. The fourth-order valence-electron chi connectivity index (χ4n) is 2.55. The van der Waals surface area contributed by atoms with Gasteiger partial charge in [0.2, 0.25) is 0 Å². The Bertz CT molecular complexity index is 1020. The minimum atomic E-state index is -0.508. The number of aryl methyl sites for hydroxylation is 2. The monoisotopic (exact) mass is 414 g/mol. The zero-order valence-corrected chi connectivity index (χ0v) is 17.1. The molecular weight excluding hydrogens is 396 g/mol. The molecule has 0 saturated carbocycles. The maximum atomic E-state index is 12.0. The second kappa shape index (κ2) is 8.99. The van der Waals surface area contributed by atoms with Gasteiger partial charge in [-0.15, -0.1) is 11.3 Å². The predicted octanol–water partition coefficient (Wildman–Crippen LogP) is 4.80. The number of ether oxygens (including phenoxy) is 1. The van der Waals surface area contributed by atoms with E-state index in [1.54, 1.807) is 12.1 Å². The molecular formula is C21H19ClN2O3S. The Hall–Kier alpha value is -2.70. The topological polar surface area (TPSA) is 68.3 Å². The number of anilines is 1. The molecule has 0 aliphatic carbocycles. The van der Waals surface area contributed by atoms with Crippen molar-refractivity contribution in [1.82, 2.24) is 4.98 Å². The van der Waals surface area contributed by atoms with Gasteiger partial charge in [-0.3, -0.25) is 9.59 Å². The normalized spacial score (nSPS) is 10.5. The number of esters is 1. The van der Waals surface area contributed by atoms with Gasteiger partial charge in [0.25, 0.3) is 5.91 Å². The van der Waals surface area contributed by atoms with Crippen LogP contribution in [0.25, 0.3) is 10.6 Å². The Morgan fingerprint density at radius 2 is 1.93 bits per heavy atom. The highest BCUT2D eigenvalue weighted by Crippen LogP contribution is 2.25. The highest BCUT2D eigenvalue weighted by molar-refractivity contribution is 7.13. The first-order valence-corrected chi connectivity index (χ1v) is 9.89. The van der Waals surface area contributed by atoms with E-state index in [9.17, 15) is 9.59 Å². The van der Waals surface area contributed by atoms with Gasteiger partial charge in [0.15, 0.2) is 6.61 Å². The van der Waals surface area contributed by atoms with Crippen molar-refractivity contribution in [2.75, 3.05) is 11.9 Å². The van der Waals surface area contributed by atoms with E-state index in [-0.39, 0.29) is 13.0 Å². The van der Waals surface area contributed by atoms with Gasteiger partial charge in [-0.1, -0.05) is 41.4 Å². The van der Waals surface area contributed by atoms with E-state index < -0.39 is 11.9 Å². The molecule has 5 nitrogen and oxygen atoms in total. The molecule has 0 unspecified atom stereocenters. The van der Waals surface area contributed by atoms with Crippen molar-refractivity contribution >= 4 is 40.5 Å². The minimum absolute atomic E-state index is 0.0148. The first-order chi connectivity index (χ1) is 13.4. The Labute approximate surface area is 172 Å². The molecule has 1 amide bonds. The molecule has 0 aliphatic heterocycles. The third-order valence-corrected chi connectivity index (χ3v) is 5.16. The zero-order valence-electron chi connectivity index (χ0n) is 15.5.